The fourth-order valence-corrected chi connectivity index (χ4v) is 4.38. The Balaban J connectivity index is 2.59. The Morgan fingerprint density at radius 2 is 2.06 bits per heavy atom. The second-order valence-corrected chi connectivity index (χ2v) is 8.49. The van der Waals surface area contributed by atoms with E-state index in [0.29, 0.717) is 6.54 Å². The molecule has 16 heavy (non-hydrogen) atoms. The summed E-state index contributed by atoms with van der Waals surface area (Å²) in [5, 5.41) is 1.93. The van der Waals surface area contributed by atoms with Crippen molar-refractivity contribution < 1.29 is 8.42 Å². The van der Waals surface area contributed by atoms with Crippen LogP contribution in [0.3, 0.4) is 0 Å². The molecule has 92 valence electrons. The summed E-state index contributed by atoms with van der Waals surface area (Å²) in [5.74, 6) is 0.142. The van der Waals surface area contributed by atoms with Crippen molar-refractivity contribution in [2.45, 2.75) is 27.3 Å². The Morgan fingerprint density at radius 1 is 1.44 bits per heavy atom. The van der Waals surface area contributed by atoms with E-state index >= 15 is 0 Å². The molecule has 6 heteroatoms. The highest BCUT2D eigenvalue weighted by molar-refractivity contribution is 9.10. The van der Waals surface area contributed by atoms with Gasteiger partial charge >= 0.3 is 0 Å². The number of nitrogens with one attached hydrogen (secondary N) is 1. The normalized spacial score (nSPS) is 13.0. The van der Waals surface area contributed by atoms with Crippen molar-refractivity contribution in [3.63, 3.8) is 0 Å². The average Bonchev–Trinajstić information content (AvgIpc) is 2.43. The zero-order valence-electron chi connectivity index (χ0n) is 9.58. The standard InChI is InChI=1S/C10H16BrNO2S2/c1-10(2,3)7-16(13,14)12-6-9-8(11)4-5-15-9/h4-5,12H,6-7H2,1-3H3. The molecule has 0 atom stereocenters. The highest BCUT2D eigenvalue weighted by atomic mass is 79.9. The average molecular weight is 326 g/mol. The lowest BCUT2D eigenvalue weighted by Crippen LogP contribution is -2.31. The molecule has 0 fully saturated rings. The smallest absolute Gasteiger partial charge is 0.212 e. The first-order chi connectivity index (χ1) is 7.20. The summed E-state index contributed by atoms with van der Waals surface area (Å²) in [6.07, 6.45) is 0. The van der Waals surface area contributed by atoms with Crippen LogP contribution in [0.4, 0.5) is 0 Å². The molecular formula is C10H16BrNO2S2. The Labute approximate surface area is 109 Å². The van der Waals surface area contributed by atoms with Crippen LogP contribution >= 0.6 is 27.3 Å². The minimum atomic E-state index is -3.20. The second kappa shape index (κ2) is 5.16. The van der Waals surface area contributed by atoms with E-state index in [2.05, 4.69) is 20.7 Å². The summed E-state index contributed by atoms with van der Waals surface area (Å²) in [7, 11) is -3.20. The minimum Gasteiger partial charge on any atom is -0.212 e. The topological polar surface area (TPSA) is 46.2 Å². The quantitative estimate of drug-likeness (QED) is 0.925. The van der Waals surface area contributed by atoms with Crippen molar-refractivity contribution in [3.05, 3.63) is 20.8 Å². The molecule has 0 radical (unpaired) electrons. The summed E-state index contributed by atoms with van der Waals surface area (Å²) in [4.78, 5) is 0.998. The highest BCUT2D eigenvalue weighted by Gasteiger charge is 2.21. The molecule has 0 bridgehead atoms. The van der Waals surface area contributed by atoms with Crippen LogP contribution < -0.4 is 4.72 Å². The number of thiophene rings is 1. The van der Waals surface area contributed by atoms with E-state index in [1.165, 1.54) is 11.3 Å². The molecule has 1 aromatic heterocycles. The molecule has 1 rings (SSSR count). The van der Waals surface area contributed by atoms with Gasteiger partial charge in [0.2, 0.25) is 10.0 Å². The molecule has 0 unspecified atom stereocenters. The number of sulfonamides is 1. The number of hydrogen-bond donors (Lipinski definition) is 1. The monoisotopic (exact) mass is 325 g/mol. The first-order valence-corrected chi connectivity index (χ1v) is 8.21. The van der Waals surface area contributed by atoms with Crippen LogP contribution in [0.1, 0.15) is 25.6 Å². The van der Waals surface area contributed by atoms with E-state index in [9.17, 15) is 8.42 Å². The molecule has 3 nitrogen and oxygen atoms in total. The van der Waals surface area contributed by atoms with E-state index in [1.807, 2.05) is 32.2 Å². The molecule has 0 saturated heterocycles. The maximum Gasteiger partial charge on any atom is 0.212 e. The molecule has 0 aromatic carbocycles. The molecule has 1 N–H and O–H groups in total. The van der Waals surface area contributed by atoms with Gasteiger partial charge in [-0.25, -0.2) is 13.1 Å². The predicted molar refractivity (Wildman–Crippen MR) is 72.1 cm³/mol. The Bertz CT molecular complexity index is 446. The van der Waals surface area contributed by atoms with Crippen LogP contribution in [0, 0.1) is 5.41 Å². The first kappa shape index (κ1) is 14.2. The molecule has 1 heterocycles. The van der Waals surface area contributed by atoms with Crippen LogP contribution in [-0.4, -0.2) is 14.2 Å². The van der Waals surface area contributed by atoms with Crippen LogP contribution in [-0.2, 0) is 16.6 Å². The number of rotatable bonds is 4. The van der Waals surface area contributed by atoms with Gasteiger partial charge in [-0.15, -0.1) is 11.3 Å². The highest BCUT2D eigenvalue weighted by Crippen LogP contribution is 2.23. The predicted octanol–water partition coefficient (Wildman–Crippen LogP) is 2.98. The summed E-state index contributed by atoms with van der Waals surface area (Å²) in [6, 6.07) is 1.91. The minimum absolute atomic E-state index is 0.142. The lowest BCUT2D eigenvalue weighted by Gasteiger charge is -2.18. The fourth-order valence-electron chi connectivity index (χ4n) is 1.25. The number of halogens is 1. The van der Waals surface area contributed by atoms with Crippen LogP contribution in [0.5, 0.6) is 0 Å². The first-order valence-electron chi connectivity index (χ1n) is 4.89. The zero-order chi connectivity index (χ0) is 12.4. The van der Waals surface area contributed by atoms with Crippen molar-refractivity contribution >= 4 is 37.3 Å². The SMILES string of the molecule is CC(C)(C)CS(=O)(=O)NCc1sccc1Br. The van der Waals surface area contributed by atoms with E-state index in [-0.39, 0.29) is 11.2 Å². The molecule has 0 aliphatic carbocycles. The van der Waals surface area contributed by atoms with Crippen molar-refractivity contribution in [2.24, 2.45) is 5.41 Å². The van der Waals surface area contributed by atoms with E-state index < -0.39 is 10.0 Å². The van der Waals surface area contributed by atoms with Crippen LogP contribution in [0.25, 0.3) is 0 Å². The second-order valence-electron chi connectivity index (χ2n) is 4.83. The molecule has 1 aromatic rings. The Hall–Kier alpha value is 0.0900. The third-order valence-corrected chi connectivity index (χ3v) is 5.52. The molecular weight excluding hydrogens is 310 g/mol. The third-order valence-electron chi connectivity index (χ3n) is 1.77. The molecule has 0 aliphatic heterocycles. The van der Waals surface area contributed by atoms with Gasteiger partial charge in [0, 0.05) is 15.9 Å². The summed E-state index contributed by atoms with van der Waals surface area (Å²) in [6.45, 7) is 6.09. The van der Waals surface area contributed by atoms with E-state index in [4.69, 9.17) is 0 Å². The Morgan fingerprint density at radius 3 is 2.50 bits per heavy atom. The van der Waals surface area contributed by atoms with Gasteiger partial charge in [-0.05, 0) is 32.8 Å². The summed E-state index contributed by atoms with van der Waals surface area (Å²) in [5.41, 5.74) is -0.224. The van der Waals surface area contributed by atoms with Gasteiger partial charge in [0.05, 0.1) is 5.75 Å². The van der Waals surface area contributed by atoms with Crippen LogP contribution in [0.2, 0.25) is 0 Å². The van der Waals surface area contributed by atoms with Gasteiger partial charge in [0.25, 0.3) is 0 Å². The molecule has 0 amide bonds. The maximum absolute atomic E-state index is 11.7. The van der Waals surface area contributed by atoms with E-state index in [0.717, 1.165) is 9.35 Å². The van der Waals surface area contributed by atoms with Crippen molar-refractivity contribution in [2.75, 3.05) is 5.75 Å². The zero-order valence-corrected chi connectivity index (χ0v) is 12.8. The lowest BCUT2D eigenvalue weighted by molar-refractivity contribution is 0.458. The van der Waals surface area contributed by atoms with Crippen molar-refractivity contribution in [1.29, 1.82) is 0 Å². The number of hydrogen-bond acceptors (Lipinski definition) is 3. The maximum atomic E-state index is 11.7. The van der Waals surface area contributed by atoms with Crippen molar-refractivity contribution in [1.82, 2.24) is 4.72 Å². The van der Waals surface area contributed by atoms with Gasteiger partial charge in [-0.2, -0.15) is 0 Å². The molecule has 0 saturated carbocycles. The van der Waals surface area contributed by atoms with Gasteiger partial charge < -0.3 is 0 Å². The van der Waals surface area contributed by atoms with Crippen LogP contribution in [0.15, 0.2) is 15.9 Å². The van der Waals surface area contributed by atoms with E-state index in [1.54, 1.807) is 0 Å². The molecule has 0 aliphatic rings. The van der Waals surface area contributed by atoms with Gasteiger partial charge in [-0.3, -0.25) is 0 Å². The van der Waals surface area contributed by atoms with Gasteiger partial charge in [-0.1, -0.05) is 20.8 Å². The summed E-state index contributed by atoms with van der Waals surface area (Å²) < 4.78 is 27.0. The molecule has 0 spiro atoms. The van der Waals surface area contributed by atoms with Crippen molar-refractivity contribution in [3.8, 4) is 0 Å². The summed E-state index contributed by atoms with van der Waals surface area (Å²) >= 11 is 4.91. The fraction of sp³-hybridized carbons (Fsp3) is 0.600. The lowest BCUT2D eigenvalue weighted by atomic mass is 10.0. The van der Waals surface area contributed by atoms with Gasteiger partial charge in [0.1, 0.15) is 0 Å². The largest absolute Gasteiger partial charge is 0.212 e. The third kappa shape index (κ3) is 4.95. The van der Waals surface area contributed by atoms with Gasteiger partial charge in [0.15, 0.2) is 0 Å². The Kier molecular flexibility index (Phi) is 4.57.